The van der Waals surface area contributed by atoms with Gasteiger partial charge in [-0.25, -0.2) is 0 Å². The van der Waals surface area contributed by atoms with Crippen LogP contribution in [-0.2, 0) is 6.42 Å². The topological polar surface area (TPSA) is 158 Å². The van der Waals surface area contributed by atoms with Gasteiger partial charge in [-0.15, -0.1) is 10.2 Å². The van der Waals surface area contributed by atoms with Gasteiger partial charge in [0.25, 0.3) is 11.8 Å². The van der Waals surface area contributed by atoms with Crippen molar-refractivity contribution in [3.8, 4) is 23.0 Å². The van der Waals surface area contributed by atoms with Gasteiger partial charge in [0.05, 0.1) is 30.7 Å². The fourth-order valence-corrected chi connectivity index (χ4v) is 4.69. The van der Waals surface area contributed by atoms with E-state index < -0.39 is 0 Å². The minimum Gasteiger partial charge on any atom is -0.495 e. The molecule has 12 nitrogen and oxygen atoms in total. The molecule has 2 amide bonds. The predicted octanol–water partition coefficient (Wildman–Crippen LogP) is 5.16. The lowest BCUT2D eigenvalue weighted by Gasteiger charge is -2.22. The van der Waals surface area contributed by atoms with E-state index in [0.29, 0.717) is 77.3 Å². The molecular weight excluding hydrogens is 586 g/mol. The molecule has 0 bridgehead atoms. The summed E-state index contributed by atoms with van der Waals surface area (Å²) in [6, 6.07) is 25.0. The number of hydrogen-bond donors (Lipinski definition) is 3. The number of rotatable bonds is 13. The van der Waals surface area contributed by atoms with Crippen molar-refractivity contribution in [2.75, 3.05) is 37.5 Å². The van der Waals surface area contributed by atoms with Crippen molar-refractivity contribution in [1.82, 2.24) is 20.6 Å². The highest BCUT2D eigenvalue weighted by molar-refractivity contribution is 6.09. The van der Waals surface area contributed by atoms with E-state index in [1.807, 2.05) is 49.4 Å². The Bertz CT molecular complexity index is 1790. The number of aryl methyl sites for hydroxylation is 1. The molecular formula is C34H35N7O5. The Labute approximate surface area is 266 Å². The number of nitrogens with two attached hydrogens (primary N) is 1. The van der Waals surface area contributed by atoms with Crippen LogP contribution in [0.3, 0.4) is 0 Å². The molecule has 5 aromatic rings. The molecule has 5 rings (SSSR count). The van der Waals surface area contributed by atoms with Gasteiger partial charge < -0.3 is 30.2 Å². The quantitative estimate of drug-likeness (QED) is 0.151. The summed E-state index contributed by atoms with van der Waals surface area (Å²) < 4.78 is 17.6. The van der Waals surface area contributed by atoms with E-state index in [9.17, 15) is 9.59 Å². The summed E-state index contributed by atoms with van der Waals surface area (Å²) in [5.41, 5.74) is 9.25. The Hall–Kier alpha value is -5.75. The molecule has 0 unspecified atom stereocenters. The zero-order valence-electron chi connectivity index (χ0n) is 25.8. The van der Waals surface area contributed by atoms with Gasteiger partial charge in [-0.05, 0) is 85.6 Å². The smallest absolute Gasteiger partial charge is 0.259 e. The Balaban J connectivity index is 1.31. The molecule has 0 saturated carbocycles. The molecule has 0 saturated heterocycles. The minimum absolute atomic E-state index is 0.293. The number of carbonyl (C=O) groups is 2. The number of nitrogens with one attached hydrogen (secondary N) is 2. The van der Waals surface area contributed by atoms with Crippen molar-refractivity contribution in [2.45, 2.75) is 19.8 Å². The first-order valence-electron chi connectivity index (χ1n) is 14.7. The standard InChI is InChI=1S/C34H35N7O5/c1-22-9-16-28(31(19-22)46-25-13-10-23(11-14-25)20-32-37-39-40-38-32)41(2)34(43)24-12-15-27(30(21-24)44-3)36-33(42)26-7-4-5-8-29(26)45-18-6-17-35/h4-5,7-16,19,21H,6,17-18,20,35H2,1-3H3,(H,36,42)(H,37,38,39,40). The van der Waals surface area contributed by atoms with Crippen LogP contribution in [0.2, 0.25) is 0 Å². The van der Waals surface area contributed by atoms with E-state index in [2.05, 4.69) is 25.9 Å². The lowest BCUT2D eigenvalue weighted by Crippen LogP contribution is -2.26. The van der Waals surface area contributed by atoms with Gasteiger partial charge in [0, 0.05) is 19.0 Å². The average Bonchev–Trinajstić information content (AvgIpc) is 3.59. The predicted molar refractivity (Wildman–Crippen MR) is 174 cm³/mol. The fraction of sp³-hybridized carbons (Fsp3) is 0.206. The summed E-state index contributed by atoms with van der Waals surface area (Å²) in [6.45, 7) is 2.84. The number of carbonyl (C=O) groups excluding carboxylic acids is 2. The lowest BCUT2D eigenvalue weighted by molar-refractivity contribution is 0.0990. The Kier molecular flexibility index (Phi) is 10.2. The molecule has 236 valence electrons. The number of benzene rings is 4. The number of amides is 2. The number of tetrazole rings is 1. The largest absolute Gasteiger partial charge is 0.495 e. The number of para-hydroxylation sites is 1. The third-order valence-corrected chi connectivity index (χ3v) is 7.12. The van der Waals surface area contributed by atoms with Crippen LogP contribution in [0.4, 0.5) is 11.4 Å². The van der Waals surface area contributed by atoms with Gasteiger partial charge in [-0.3, -0.25) is 9.59 Å². The van der Waals surface area contributed by atoms with Crippen molar-refractivity contribution >= 4 is 23.2 Å². The zero-order chi connectivity index (χ0) is 32.5. The monoisotopic (exact) mass is 621 g/mol. The van der Waals surface area contributed by atoms with Gasteiger partial charge in [-0.1, -0.05) is 35.5 Å². The second-order valence-electron chi connectivity index (χ2n) is 10.4. The van der Waals surface area contributed by atoms with Crippen LogP contribution in [0.25, 0.3) is 0 Å². The number of H-pyrrole nitrogens is 1. The highest BCUT2D eigenvalue weighted by Gasteiger charge is 2.21. The maximum Gasteiger partial charge on any atom is 0.259 e. The number of methoxy groups -OCH3 is 1. The zero-order valence-corrected chi connectivity index (χ0v) is 25.8. The molecule has 0 spiro atoms. The molecule has 46 heavy (non-hydrogen) atoms. The third-order valence-electron chi connectivity index (χ3n) is 7.12. The first-order chi connectivity index (χ1) is 22.4. The molecule has 0 aliphatic carbocycles. The Morgan fingerprint density at radius 2 is 1.76 bits per heavy atom. The van der Waals surface area contributed by atoms with Crippen LogP contribution >= 0.6 is 0 Å². The number of aromatic nitrogens is 4. The van der Waals surface area contributed by atoms with Crippen molar-refractivity contribution in [3.05, 3.63) is 113 Å². The minimum atomic E-state index is -0.373. The van der Waals surface area contributed by atoms with Crippen LogP contribution < -0.4 is 30.2 Å². The fourth-order valence-electron chi connectivity index (χ4n) is 4.69. The van der Waals surface area contributed by atoms with Crippen LogP contribution in [-0.4, -0.2) is 59.7 Å². The number of hydrogen-bond acceptors (Lipinski definition) is 9. The summed E-state index contributed by atoms with van der Waals surface area (Å²) in [5, 5.41) is 16.9. The van der Waals surface area contributed by atoms with E-state index in [1.165, 1.54) is 12.0 Å². The summed E-state index contributed by atoms with van der Waals surface area (Å²) >= 11 is 0. The van der Waals surface area contributed by atoms with E-state index in [0.717, 1.165) is 11.1 Å². The van der Waals surface area contributed by atoms with E-state index in [-0.39, 0.29) is 11.8 Å². The Morgan fingerprint density at radius 1 is 0.957 bits per heavy atom. The third kappa shape index (κ3) is 7.66. The highest BCUT2D eigenvalue weighted by Crippen LogP contribution is 2.35. The van der Waals surface area contributed by atoms with Gasteiger partial charge in [0.1, 0.15) is 17.2 Å². The highest BCUT2D eigenvalue weighted by atomic mass is 16.5. The van der Waals surface area contributed by atoms with Crippen LogP contribution in [0.1, 0.15) is 44.1 Å². The lowest BCUT2D eigenvalue weighted by atomic mass is 10.1. The molecule has 12 heteroatoms. The second-order valence-corrected chi connectivity index (χ2v) is 10.4. The molecule has 0 fully saturated rings. The number of aromatic amines is 1. The van der Waals surface area contributed by atoms with Gasteiger partial charge in [0.2, 0.25) is 0 Å². The van der Waals surface area contributed by atoms with Crippen molar-refractivity contribution in [1.29, 1.82) is 0 Å². The summed E-state index contributed by atoms with van der Waals surface area (Å²) in [4.78, 5) is 28.4. The normalized spacial score (nSPS) is 10.7. The Morgan fingerprint density at radius 3 is 2.50 bits per heavy atom. The first kappa shape index (κ1) is 31.7. The maximum atomic E-state index is 13.7. The number of ether oxygens (including phenoxy) is 3. The molecule has 4 N–H and O–H groups in total. The summed E-state index contributed by atoms with van der Waals surface area (Å²) in [7, 11) is 3.16. The summed E-state index contributed by atoms with van der Waals surface area (Å²) in [5.74, 6) is 1.84. The molecule has 0 aliphatic heterocycles. The summed E-state index contributed by atoms with van der Waals surface area (Å²) in [6.07, 6.45) is 1.20. The van der Waals surface area contributed by atoms with E-state index in [4.69, 9.17) is 19.9 Å². The van der Waals surface area contributed by atoms with Crippen LogP contribution in [0.5, 0.6) is 23.0 Å². The van der Waals surface area contributed by atoms with Crippen LogP contribution in [0, 0.1) is 6.92 Å². The maximum absolute atomic E-state index is 13.7. The van der Waals surface area contributed by atoms with Crippen LogP contribution in [0.15, 0.2) is 84.9 Å². The number of anilines is 2. The first-order valence-corrected chi connectivity index (χ1v) is 14.7. The van der Waals surface area contributed by atoms with E-state index >= 15 is 0 Å². The molecule has 0 aliphatic rings. The van der Waals surface area contributed by atoms with Gasteiger partial charge in [-0.2, -0.15) is 5.21 Å². The van der Waals surface area contributed by atoms with Crippen molar-refractivity contribution < 1.29 is 23.8 Å². The molecule has 1 aromatic heterocycles. The van der Waals surface area contributed by atoms with Gasteiger partial charge >= 0.3 is 0 Å². The van der Waals surface area contributed by atoms with Gasteiger partial charge in [0.15, 0.2) is 11.6 Å². The van der Waals surface area contributed by atoms with Crippen molar-refractivity contribution in [2.24, 2.45) is 5.73 Å². The van der Waals surface area contributed by atoms with E-state index in [1.54, 1.807) is 49.5 Å². The second kappa shape index (κ2) is 14.8. The van der Waals surface area contributed by atoms with Crippen molar-refractivity contribution in [3.63, 3.8) is 0 Å². The molecule has 4 aromatic carbocycles. The molecule has 0 radical (unpaired) electrons. The SMILES string of the molecule is COc1cc(C(=O)N(C)c2ccc(C)cc2Oc2ccc(Cc3nn[nH]n3)cc2)ccc1NC(=O)c1ccccc1OCCCN. The number of nitrogens with zero attached hydrogens (tertiary/aromatic N) is 4. The average molecular weight is 622 g/mol. The molecule has 0 atom stereocenters. The molecule has 1 heterocycles.